The average Bonchev–Trinajstić information content (AvgIpc) is 3.53. The van der Waals surface area contributed by atoms with Crippen molar-refractivity contribution in [2.75, 3.05) is 38.3 Å². The number of imidazole rings is 1. The van der Waals surface area contributed by atoms with Gasteiger partial charge in [0, 0.05) is 12.1 Å². The topological polar surface area (TPSA) is 150 Å². The van der Waals surface area contributed by atoms with Gasteiger partial charge in [-0.1, -0.05) is 11.3 Å². The third-order valence-electron chi connectivity index (χ3n) is 4.51. The van der Waals surface area contributed by atoms with E-state index in [0.29, 0.717) is 72.0 Å². The van der Waals surface area contributed by atoms with Crippen LogP contribution < -0.4 is 16.7 Å². The number of rotatable bonds is 11. The number of aromatic nitrogens is 4. The molecule has 12 heteroatoms. The molecule has 0 aliphatic heterocycles. The maximum Gasteiger partial charge on any atom is 0.326 e. The van der Waals surface area contributed by atoms with Crippen molar-refractivity contribution in [2.45, 2.75) is 6.54 Å². The summed E-state index contributed by atoms with van der Waals surface area (Å²) in [5.41, 5.74) is 6.71. The lowest BCUT2D eigenvalue weighted by molar-refractivity contribution is 0.0477. The van der Waals surface area contributed by atoms with Crippen molar-refractivity contribution in [1.82, 2.24) is 19.7 Å². The van der Waals surface area contributed by atoms with Crippen molar-refractivity contribution >= 4 is 33.4 Å². The number of carbonyl (C=O) groups is 1. The molecule has 1 aromatic carbocycles. The Balaban J connectivity index is 1.38. The number of fused-ring (bicyclic) bond motifs is 1. The van der Waals surface area contributed by atoms with Crippen molar-refractivity contribution in [1.29, 1.82) is 0 Å². The number of hydrogen-bond acceptors (Lipinski definition) is 9. The second-order valence-corrected chi connectivity index (χ2v) is 7.65. The lowest BCUT2D eigenvalue weighted by Gasteiger charge is -2.06. The van der Waals surface area contributed by atoms with Gasteiger partial charge in [0.05, 0.1) is 50.3 Å². The van der Waals surface area contributed by atoms with Crippen LogP contribution in [0, 0.1) is 0 Å². The first kappa shape index (κ1) is 21.9. The molecule has 0 unspecified atom stereocenters. The number of amides is 1. The Kier molecular flexibility index (Phi) is 7.07. The summed E-state index contributed by atoms with van der Waals surface area (Å²) in [5, 5.41) is 11.6. The highest BCUT2D eigenvalue weighted by Crippen LogP contribution is 2.26. The molecule has 168 valence electrons. The average molecular weight is 459 g/mol. The van der Waals surface area contributed by atoms with Crippen LogP contribution in [0.4, 0.5) is 5.13 Å². The van der Waals surface area contributed by atoms with Crippen LogP contribution in [0.2, 0.25) is 0 Å². The van der Waals surface area contributed by atoms with Gasteiger partial charge in [0.15, 0.2) is 10.8 Å². The molecule has 0 spiro atoms. The minimum atomic E-state index is -0.358. The number of nitrogens with zero attached hydrogens (tertiary/aromatic N) is 3. The molecule has 0 bridgehead atoms. The number of furan rings is 1. The first-order chi connectivity index (χ1) is 15.7. The summed E-state index contributed by atoms with van der Waals surface area (Å²) in [4.78, 5) is 27.7. The molecule has 32 heavy (non-hydrogen) atoms. The molecule has 0 saturated heterocycles. The van der Waals surface area contributed by atoms with Crippen molar-refractivity contribution in [3.8, 4) is 10.8 Å². The number of nitrogens with one attached hydrogen (secondary N) is 2. The Hall–Kier alpha value is -3.32. The summed E-state index contributed by atoms with van der Waals surface area (Å²) in [5.74, 6) is 0.221. The standard InChI is InChI=1S/C20H22N6O5S/c21-5-8-29-10-11-30-9-6-26-15-4-3-13(12-14(15)22-20(26)28)17(27)23-19-25-24-18(32-19)16-2-1-7-31-16/h1-4,7,12H,5-6,8-11,21H2,(H,22,28)(H,23,25,27). The van der Waals surface area contributed by atoms with Crippen LogP contribution in [-0.4, -0.2) is 58.6 Å². The zero-order chi connectivity index (χ0) is 22.3. The Morgan fingerprint density at radius 2 is 2.03 bits per heavy atom. The van der Waals surface area contributed by atoms with Crippen molar-refractivity contribution < 1.29 is 18.7 Å². The quantitative estimate of drug-likeness (QED) is 0.287. The number of benzene rings is 1. The van der Waals surface area contributed by atoms with E-state index in [2.05, 4.69) is 20.5 Å². The van der Waals surface area contributed by atoms with E-state index < -0.39 is 0 Å². The lowest BCUT2D eigenvalue weighted by Crippen LogP contribution is -2.20. The maximum absolute atomic E-state index is 12.6. The van der Waals surface area contributed by atoms with Gasteiger partial charge < -0.3 is 24.6 Å². The predicted octanol–water partition coefficient (Wildman–Crippen LogP) is 1.69. The Labute approximate surface area is 186 Å². The molecule has 3 aromatic heterocycles. The maximum atomic E-state index is 12.6. The highest BCUT2D eigenvalue weighted by atomic mass is 32.1. The van der Waals surface area contributed by atoms with Crippen molar-refractivity contribution in [3.05, 3.63) is 52.6 Å². The first-order valence-electron chi connectivity index (χ1n) is 9.92. The highest BCUT2D eigenvalue weighted by molar-refractivity contribution is 7.18. The first-order valence-corrected chi connectivity index (χ1v) is 10.7. The third-order valence-corrected chi connectivity index (χ3v) is 5.36. The number of H-pyrrole nitrogens is 1. The minimum Gasteiger partial charge on any atom is -0.462 e. The third kappa shape index (κ3) is 5.11. The van der Waals surface area contributed by atoms with E-state index in [1.807, 2.05) is 0 Å². The number of carbonyl (C=O) groups excluding carboxylic acids is 1. The predicted molar refractivity (Wildman–Crippen MR) is 119 cm³/mol. The molecule has 0 radical (unpaired) electrons. The van der Waals surface area contributed by atoms with Crippen LogP contribution in [-0.2, 0) is 16.0 Å². The minimum absolute atomic E-state index is 0.271. The summed E-state index contributed by atoms with van der Waals surface area (Å²) in [6.45, 7) is 2.57. The molecule has 0 saturated carbocycles. The van der Waals surface area contributed by atoms with Crippen LogP contribution in [0.15, 0.2) is 45.8 Å². The largest absolute Gasteiger partial charge is 0.462 e. The van der Waals surface area contributed by atoms with Crippen LogP contribution >= 0.6 is 11.3 Å². The van der Waals surface area contributed by atoms with Gasteiger partial charge in [0.1, 0.15) is 0 Å². The zero-order valence-corrected chi connectivity index (χ0v) is 17.9. The lowest BCUT2D eigenvalue weighted by atomic mass is 10.2. The smallest absolute Gasteiger partial charge is 0.326 e. The molecule has 0 aliphatic rings. The molecule has 0 atom stereocenters. The normalized spacial score (nSPS) is 11.3. The summed E-state index contributed by atoms with van der Waals surface area (Å²) in [6.07, 6.45) is 1.54. The second-order valence-electron chi connectivity index (χ2n) is 6.67. The Morgan fingerprint density at radius 1 is 1.19 bits per heavy atom. The Morgan fingerprint density at radius 3 is 2.81 bits per heavy atom. The molecule has 4 rings (SSSR count). The SMILES string of the molecule is NCCOCCOCCn1c(=O)[nH]c2cc(C(=O)Nc3nnc(-c4ccco4)s3)ccc21. The molecule has 0 aliphatic carbocycles. The van der Waals surface area contributed by atoms with Crippen LogP contribution in [0.3, 0.4) is 0 Å². The number of anilines is 1. The number of ether oxygens (including phenoxy) is 2. The molecule has 4 N–H and O–H groups in total. The molecular weight excluding hydrogens is 436 g/mol. The summed E-state index contributed by atoms with van der Waals surface area (Å²) in [6, 6.07) is 8.51. The zero-order valence-electron chi connectivity index (χ0n) is 17.1. The van der Waals surface area contributed by atoms with E-state index in [1.54, 1.807) is 41.2 Å². The van der Waals surface area contributed by atoms with Gasteiger partial charge in [-0.25, -0.2) is 4.79 Å². The number of nitrogens with two attached hydrogens (primary N) is 1. The van der Waals surface area contributed by atoms with Gasteiger partial charge in [-0.05, 0) is 30.3 Å². The summed E-state index contributed by atoms with van der Waals surface area (Å²) < 4.78 is 17.6. The van der Waals surface area contributed by atoms with Gasteiger partial charge in [-0.15, -0.1) is 10.2 Å². The van der Waals surface area contributed by atoms with Crippen LogP contribution in [0.1, 0.15) is 10.4 Å². The molecule has 11 nitrogen and oxygen atoms in total. The fourth-order valence-electron chi connectivity index (χ4n) is 3.03. The number of hydrogen-bond donors (Lipinski definition) is 3. The molecule has 1 amide bonds. The van der Waals surface area contributed by atoms with E-state index in [9.17, 15) is 9.59 Å². The van der Waals surface area contributed by atoms with Gasteiger partial charge >= 0.3 is 5.69 Å². The van der Waals surface area contributed by atoms with E-state index >= 15 is 0 Å². The van der Waals surface area contributed by atoms with E-state index in [4.69, 9.17) is 19.6 Å². The van der Waals surface area contributed by atoms with Crippen molar-refractivity contribution in [3.63, 3.8) is 0 Å². The monoisotopic (exact) mass is 458 g/mol. The van der Waals surface area contributed by atoms with Gasteiger partial charge in [0.25, 0.3) is 5.91 Å². The van der Waals surface area contributed by atoms with Crippen LogP contribution in [0.25, 0.3) is 21.8 Å². The number of aromatic amines is 1. The van der Waals surface area contributed by atoms with Gasteiger partial charge in [-0.3, -0.25) is 14.7 Å². The molecule has 4 aromatic rings. The Bertz CT molecular complexity index is 1230. The second kappa shape index (κ2) is 10.3. The van der Waals surface area contributed by atoms with Gasteiger partial charge in [-0.2, -0.15) is 0 Å². The molecule has 0 fully saturated rings. The summed E-state index contributed by atoms with van der Waals surface area (Å²) in [7, 11) is 0. The van der Waals surface area contributed by atoms with Crippen LogP contribution in [0.5, 0.6) is 0 Å². The van der Waals surface area contributed by atoms with Gasteiger partial charge in [0.2, 0.25) is 5.13 Å². The highest BCUT2D eigenvalue weighted by Gasteiger charge is 2.14. The summed E-state index contributed by atoms with van der Waals surface area (Å²) >= 11 is 1.20. The fourth-order valence-corrected chi connectivity index (χ4v) is 3.74. The van der Waals surface area contributed by atoms with Crippen molar-refractivity contribution in [2.24, 2.45) is 5.73 Å². The van der Waals surface area contributed by atoms with E-state index in [-0.39, 0.29) is 11.6 Å². The molecule has 3 heterocycles. The fraction of sp³-hybridized carbons (Fsp3) is 0.300. The van der Waals surface area contributed by atoms with E-state index in [1.165, 1.54) is 11.3 Å². The molecular formula is C20H22N6O5S. The van der Waals surface area contributed by atoms with E-state index in [0.717, 1.165) is 0 Å².